The fourth-order valence-electron chi connectivity index (χ4n) is 3.83. The van der Waals surface area contributed by atoms with Gasteiger partial charge in [0.2, 0.25) is 0 Å². The van der Waals surface area contributed by atoms with Crippen molar-refractivity contribution in [1.82, 2.24) is 10.6 Å². The summed E-state index contributed by atoms with van der Waals surface area (Å²) < 4.78 is 5.26. The minimum atomic E-state index is -0.365. The first-order valence-electron chi connectivity index (χ1n) is 7.90. The molecule has 2 aliphatic heterocycles. The number of benzene rings is 1. The number of nitrogens with one attached hydrogen (secondary N) is 2. The Morgan fingerprint density at radius 3 is 2.64 bits per heavy atom. The molecule has 2 N–H and O–H groups in total. The van der Waals surface area contributed by atoms with Gasteiger partial charge in [-0.1, -0.05) is 6.92 Å². The molecule has 2 saturated heterocycles. The van der Waals surface area contributed by atoms with Gasteiger partial charge < -0.3 is 15.4 Å². The lowest BCUT2D eigenvalue weighted by atomic mass is 9.64. The number of piperidine rings is 1. The molecule has 1 unspecified atom stereocenters. The number of nitro benzene ring substituents is 1. The van der Waals surface area contributed by atoms with Crippen LogP contribution in [0.4, 0.5) is 5.69 Å². The molecule has 6 nitrogen and oxygen atoms in total. The van der Waals surface area contributed by atoms with Crippen LogP contribution in [0.3, 0.4) is 0 Å². The van der Waals surface area contributed by atoms with Crippen LogP contribution in [-0.4, -0.2) is 31.7 Å². The molecule has 3 rings (SSSR count). The topological polar surface area (TPSA) is 76.4 Å². The summed E-state index contributed by atoms with van der Waals surface area (Å²) in [5, 5.41) is 18.2. The molecule has 0 aromatic heterocycles. The molecule has 0 saturated carbocycles. The highest BCUT2D eigenvalue weighted by molar-refractivity contribution is 5.54. The smallest absolute Gasteiger partial charge is 0.311 e. The van der Waals surface area contributed by atoms with Crippen molar-refractivity contribution in [3.63, 3.8) is 0 Å². The van der Waals surface area contributed by atoms with Crippen LogP contribution in [0.2, 0.25) is 0 Å². The van der Waals surface area contributed by atoms with Gasteiger partial charge in [0, 0.05) is 24.1 Å². The summed E-state index contributed by atoms with van der Waals surface area (Å²) in [6.07, 6.45) is 3.08. The number of hydrogen-bond donors (Lipinski definition) is 2. The first-order chi connectivity index (χ1) is 10.6. The molecule has 2 aliphatic rings. The van der Waals surface area contributed by atoms with Crippen molar-refractivity contribution >= 4 is 5.69 Å². The summed E-state index contributed by atoms with van der Waals surface area (Å²) in [6.45, 7) is 5.16. The molecule has 0 amide bonds. The quantitative estimate of drug-likeness (QED) is 0.658. The van der Waals surface area contributed by atoms with E-state index in [4.69, 9.17) is 4.74 Å². The first kappa shape index (κ1) is 15.2. The maximum absolute atomic E-state index is 11.2. The lowest BCUT2D eigenvalue weighted by Crippen LogP contribution is -2.60. The molecule has 1 aromatic carbocycles. The van der Waals surface area contributed by atoms with Crippen molar-refractivity contribution < 1.29 is 9.66 Å². The van der Waals surface area contributed by atoms with E-state index in [1.165, 1.54) is 7.11 Å². The Morgan fingerprint density at radius 1 is 1.41 bits per heavy atom. The Kier molecular flexibility index (Phi) is 4.06. The fourth-order valence-corrected chi connectivity index (χ4v) is 3.83. The predicted molar refractivity (Wildman–Crippen MR) is 84.3 cm³/mol. The molecule has 0 radical (unpaired) electrons. The summed E-state index contributed by atoms with van der Waals surface area (Å²) in [6, 6.07) is 3.83. The molecule has 1 spiro atoms. The number of methoxy groups -OCH3 is 1. The summed E-state index contributed by atoms with van der Waals surface area (Å²) >= 11 is 0. The fraction of sp³-hybridized carbons (Fsp3) is 0.625. The SMILES string of the molecule is CCc1cc([N+](=O)[O-])c(OC)cc1C1NCC12CCNCC2. The highest BCUT2D eigenvalue weighted by atomic mass is 16.6. The zero-order valence-corrected chi connectivity index (χ0v) is 13.1. The van der Waals surface area contributed by atoms with Crippen molar-refractivity contribution in [2.75, 3.05) is 26.7 Å². The maximum Gasteiger partial charge on any atom is 0.311 e. The van der Waals surface area contributed by atoms with Crippen molar-refractivity contribution in [2.24, 2.45) is 5.41 Å². The Hall–Kier alpha value is -1.66. The van der Waals surface area contributed by atoms with E-state index in [-0.39, 0.29) is 22.1 Å². The van der Waals surface area contributed by atoms with E-state index >= 15 is 0 Å². The number of hydrogen-bond acceptors (Lipinski definition) is 5. The summed E-state index contributed by atoms with van der Waals surface area (Å²) in [5.41, 5.74) is 2.55. The van der Waals surface area contributed by atoms with Crippen LogP contribution < -0.4 is 15.4 Å². The first-order valence-corrected chi connectivity index (χ1v) is 7.90. The number of ether oxygens (including phenoxy) is 1. The van der Waals surface area contributed by atoms with E-state index in [0.717, 1.165) is 50.0 Å². The second kappa shape index (κ2) is 5.85. The van der Waals surface area contributed by atoms with E-state index in [1.807, 2.05) is 13.0 Å². The van der Waals surface area contributed by atoms with Crippen LogP contribution in [-0.2, 0) is 6.42 Å². The van der Waals surface area contributed by atoms with Gasteiger partial charge >= 0.3 is 5.69 Å². The number of rotatable bonds is 4. The van der Waals surface area contributed by atoms with Crippen molar-refractivity contribution in [2.45, 2.75) is 32.2 Å². The summed E-state index contributed by atoms with van der Waals surface area (Å²) in [7, 11) is 1.49. The average Bonchev–Trinajstić information content (AvgIpc) is 2.54. The van der Waals surface area contributed by atoms with Crippen LogP contribution in [0.25, 0.3) is 0 Å². The van der Waals surface area contributed by atoms with Crippen molar-refractivity contribution in [3.05, 3.63) is 33.4 Å². The third kappa shape index (κ3) is 2.36. The number of aryl methyl sites for hydroxylation is 1. The van der Waals surface area contributed by atoms with E-state index < -0.39 is 0 Å². The van der Waals surface area contributed by atoms with Gasteiger partial charge in [0.1, 0.15) is 0 Å². The molecule has 2 fully saturated rings. The highest BCUT2D eigenvalue weighted by Crippen LogP contribution is 2.49. The van der Waals surface area contributed by atoms with Gasteiger partial charge in [-0.3, -0.25) is 10.1 Å². The van der Waals surface area contributed by atoms with E-state index in [0.29, 0.717) is 5.75 Å². The highest BCUT2D eigenvalue weighted by Gasteiger charge is 2.48. The molecular formula is C16H23N3O3. The van der Waals surface area contributed by atoms with Crippen LogP contribution >= 0.6 is 0 Å². The Balaban J connectivity index is 2.01. The Bertz CT molecular complexity index is 582. The standard InChI is InChI=1S/C16H23N3O3/c1-3-11-8-13(19(20)21)14(22-2)9-12(11)15-16(10-18-15)4-6-17-7-5-16/h8-9,15,17-18H,3-7,10H2,1-2H3. The van der Waals surface area contributed by atoms with Gasteiger partial charge in [0.05, 0.1) is 12.0 Å². The van der Waals surface area contributed by atoms with Gasteiger partial charge in [-0.25, -0.2) is 0 Å². The zero-order chi connectivity index (χ0) is 15.7. The van der Waals surface area contributed by atoms with Crippen molar-refractivity contribution in [1.29, 1.82) is 0 Å². The summed E-state index contributed by atoms with van der Waals surface area (Å²) in [5.74, 6) is 0.356. The predicted octanol–water partition coefficient (Wildman–Crippen LogP) is 2.18. The molecular weight excluding hydrogens is 282 g/mol. The number of nitrogens with zero attached hydrogens (tertiary/aromatic N) is 1. The average molecular weight is 305 g/mol. The Morgan fingerprint density at radius 2 is 2.14 bits per heavy atom. The van der Waals surface area contributed by atoms with E-state index in [9.17, 15) is 10.1 Å². The van der Waals surface area contributed by atoms with Gasteiger partial charge in [-0.2, -0.15) is 0 Å². The second-order valence-electron chi connectivity index (χ2n) is 6.26. The number of nitro groups is 1. The van der Waals surface area contributed by atoms with E-state index in [2.05, 4.69) is 10.6 Å². The lowest BCUT2D eigenvalue weighted by Gasteiger charge is -2.53. The van der Waals surface area contributed by atoms with Crippen LogP contribution in [0.15, 0.2) is 12.1 Å². The van der Waals surface area contributed by atoms with E-state index in [1.54, 1.807) is 6.07 Å². The van der Waals surface area contributed by atoms with Crippen LogP contribution in [0.1, 0.15) is 36.9 Å². The molecule has 0 bridgehead atoms. The monoisotopic (exact) mass is 305 g/mol. The molecule has 1 aromatic rings. The van der Waals surface area contributed by atoms with Gasteiger partial charge in [-0.15, -0.1) is 0 Å². The molecule has 0 aliphatic carbocycles. The lowest BCUT2D eigenvalue weighted by molar-refractivity contribution is -0.385. The third-order valence-corrected chi connectivity index (χ3v) is 5.20. The zero-order valence-electron chi connectivity index (χ0n) is 13.1. The third-order valence-electron chi connectivity index (χ3n) is 5.20. The molecule has 1 atom stereocenters. The molecule has 2 heterocycles. The van der Waals surface area contributed by atoms with Crippen molar-refractivity contribution in [3.8, 4) is 5.75 Å². The van der Waals surface area contributed by atoms with Gasteiger partial charge in [0.15, 0.2) is 5.75 Å². The second-order valence-corrected chi connectivity index (χ2v) is 6.26. The molecule has 120 valence electrons. The summed E-state index contributed by atoms with van der Waals surface area (Å²) in [4.78, 5) is 10.8. The van der Waals surface area contributed by atoms with Crippen LogP contribution in [0, 0.1) is 15.5 Å². The van der Waals surface area contributed by atoms with Gasteiger partial charge in [-0.05, 0) is 49.5 Å². The minimum Gasteiger partial charge on any atom is -0.490 e. The molecule has 6 heteroatoms. The maximum atomic E-state index is 11.2. The largest absolute Gasteiger partial charge is 0.490 e. The molecule has 22 heavy (non-hydrogen) atoms. The van der Waals surface area contributed by atoms with Gasteiger partial charge in [0.25, 0.3) is 0 Å². The normalized spacial score (nSPS) is 23.1. The van der Waals surface area contributed by atoms with Crippen LogP contribution in [0.5, 0.6) is 5.75 Å². The minimum absolute atomic E-state index is 0.0572. The Labute approximate surface area is 130 Å².